The third-order valence-corrected chi connectivity index (χ3v) is 4.71. The van der Waals surface area contributed by atoms with Crippen LogP contribution in [0.15, 0.2) is 42.5 Å². The molecule has 0 saturated carbocycles. The van der Waals surface area contributed by atoms with Gasteiger partial charge in [0.05, 0.1) is 21.1 Å². The van der Waals surface area contributed by atoms with Crippen LogP contribution in [-0.4, -0.2) is 39.7 Å². The normalized spacial score (nSPS) is 13.1. The van der Waals surface area contributed by atoms with Gasteiger partial charge in [0.1, 0.15) is 0 Å². The van der Waals surface area contributed by atoms with Crippen LogP contribution in [0.4, 0.5) is 10.5 Å². The predicted molar refractivity (Wildman–Crippen MR) is 97.9 cm³/mol. The number of aliphatic hydroxyl groups excluding tert-OH is 1. The number of non-ortho nitro benzene ring substituents is 1. The molecule has 9 heteroatoms. The summed E-state index contributed by atoms with van der Waals surface area (Å²) in [7, 11) is 1.37. The standard InChI is InChI=1S/C17H16Cl2N2O5/c1-20(17(23)24)9-13(10-5-6-14(18)15(19)8-10)16(22)11-3-2-4-12(7-11)21(25)26/h2-8,13,16,22H,9H2,1H3,(H,23,24). The van der Waals surface area contributed by atoms with Crippen LogP contribution in [0.3, 0.4) is 0 Å². The number of aliphatic hydroxyl groups is 1. The number of rotatable bonds is 6. The van der Waals surface area contributed by atoms with E-state index >= 15 is 0 Å². The summed E-state index contributed by atoms with van der Waals surface area (Å²) in [6.07, 6.45) is -2.35. The molecular formula is C17H16Cl2N2O5. The summed E-state index contributed by atoms with van der Waals surface area (Å²) in [5, 5.41) is 31.5. The van der Waals surface area contributed by atoms with E-state index in [9.17, 15) is 20.0 Å². The Balaban J connectivity index is 2.44. The van der Waals surface area contributed by atoms with Gasteiger partial charge in [-0.15, -0.1) is 0 Å². The van der Waals surface area contributed by atoms with Crippen molar-refractivity contribution >= 4 is 35.0 Å². The zero-order valence-electron chi connectivity index (χ0n) is 13.7. The second-order valence-corrected chi connectivity index (χ2v) is 6.55. The number of nitro benzene ring substituents is 1. The molecule has 0 fully saturated rings. The summed E-state index contributed by atoms with van der Waals surface area (Å²) >= 11 is 12.0. The van der Waals surface area contributed by atoms with Crippen molar-refractivity contribution in [2.75, 3.05) is 13.6 Å². The Morgan fingerprint density at radius 2 is 1.88 bits per heavy atom. The van der Waals surface area contributed by atoms with E-state index in [1.165, 1.54) is 25.2 Å². The topological polar surface area (TPSA) is 104 Å². The van der Waals surface area contributed by atoms with Gasteiger partial charge in [0.15, 0.2) is 0 Å². The molecule has 0 heterocycles. The summed E-state index contributed by atoms with van der Waals surface area (Å²) in [5.74, 6) is -0.701. The van der Waals surface area contributed by atoms with Crippen molar-refractivity contribution in [3.63, 3.8) is 0 Å². The van der Waals surface area contributed by atoms with Crippen LogP contribution in [0, 0.1) is 10.1 Å². The second kappa shape index (κ2) is 8.35. The number of halogens is 2. The molecule has 2 rings (SSSR count). The molecule has 26 heavy (non-hydrogen) atoms. The summed E-state index contributed by atoms with van der Waals surface area (Å²) in [6, 6.07) is 10.3. The highest BCUT2D eigenvalue weighted by Gasteiger charge is 2.27. The Kier molecular flexibility index (Phi) is 6.42. The van der Waals surface area contributed by atoms with Crippen molar-refractivity contribution in [1.82, 2.24) is 4.90 Å². The molecule has 2 aromatic carbocycles. The van der Waals surface area contributed by atoms with E-state index in [0.29, 0.717) is 16.1 Å². The maximum atomic E-state index is 11.2. The summed E-state index contributed by atoms with van der Waals surface area (Å²) < 4.78 is 0. The maximum absolute atomic E-state index is 11.2. The van der Waals surface area contributed by atoms with Crippen LogP contribution in [0.5, 0.6) is 0 Å². The predicted octanol–water partition coefficient (Wildman–Crippen LogP) is 4.33. The molecule has 138 valence electrons. The summed E-state index contributed by atoms with van der Waals surface area (Å²) in [4.78, 5) is 22.6. The van der Waals surface area contributed by atoms with Crippen molar-refractivity contribution in [3.8, 4) is 0 Å². The van der Waals surface area contributed by atoms with Crippen LogP contribution in [0.1, 0.15) is 23.1 Å². The van der Waals surface area contributed by atoms with Gasteiger partial charge in [-0.3, -0.25) is 10.1 Å². The number of benzene rings is 2. The lowest BCUT2D eigenvalue weighted by Crippen LogP contribution is -2.32. The van der Waals surface area contributed by atoms with E-state index in [-0.39, 0.29) is 17.3 Å². The van der Waals surface area contributed by atoms with Gasteiger partial charge >= 0.3 is 6.09 Å². The number of carbonyl (C=O) groups is 1. The monoisotopic (exact) mass is 398 g/mol. The summed E-state index contributed by atoms with van der Waals surface area (Å²) in [5.41, 5.74) is 0.696. The van der Waals surface area contributed by atoms with Crippen LogP contribution < -0.4 is 0 Å². The molecule has 2 N–H and O–H groups in total. The molecule has 0 aliphatic carbocycles. The average Bonchev–Trinajstić information content (AvgIpc) is 2.61. The fraction of sp³-hybridized carbons (Fsp3) is 0.235. The van der Waals surface area contributed by atoms with Crippen molar-refractivity contribution < 1.29 is 19.9 Å². The fourth-order valence-corrected chi connectivity index (χ4v) is 2.86. The lowest BCUT2D eigenvalue weighted by Gasteiger charge is -2.27. The Morgan fingerprint density at radius 1 is 1.19 bits per heavy atom. The second-order valence-electron chi connectivity index (χ2n) is 5.74. The zero-order chi connectivity index (χ0) is 19.4. The van der Waals surface area contributed by atoms with Crippen LogP contribution in [0.25, 0.3) is 0 Å². The Morgan fingerprint density at radius 3 is 2.46 bits per heavy atom. The number of nitrogens with zero attached hydrogens (tertiary/aromatic N) is 2. The molecule has 0 aromatic heterocycles. The van der Waals surface area contributed by atoms with Crippen LogP contribution in [0.2, 0.25) is 10.0 Å². The zero-order valence-corrected chi connectivity index (χ0v) is 15.2. The molecule has 0 bridgehead atoms. The number of hydrogen-bond acceptors (Lipinski definition) is 4. The van der Waals surface area contributed by atoms with Gasteiger partial charge in [-0.25, -0.2) is 4.79 Å². The largest absolute Gasteiger partial charge is 0.465 e. The molecule has 0 spiro atoms. The fourth-order valence-electron chi connectivity index (χ4n) is 2.56. The Labute approximate surface area is 159 Å². The minimum Gasteiger partial charge on any atom is -0.465 e. The van der Waals surface area contributed by atoms with E-state index in [1.54, 1.807) is 24.3 Å². The first-order valence-electron chi connectivity index (χ1n) is 7.52. The lowest BCUT2D eigenvalue weighted by molar-refractivity contribution is -0.385. The Hall–Kier alpha value is -2.35. The third kappa shape index (κ3) is 4.63. The van der Waals surface area contributed by atoms with Gasteiger partial charge in [0.2, 0.25) is 0 Å². The van der Waals surface area contributed by atoms with Gasteiger partial charge in [-0.05, 0) is 23.3 Å². The number of nitro groups is 1. The third-order valence-electron chi connectivity index (χ3n) is 3.97. The number of likely N-dealkylation sites (N-methyl/N-ethyl adjacent to an activating group) is 1. The van der Waals surface area contributed by atoms with Crippen LogP contribution in [-0.2, 0) is 0 Å². The number of carboxylic acid groups (broad SMARTS) is 1. The molecule has 1 amide bonds. The quantitative estimate of drug-likeness (QED) is 0.556. The Bertz CT molecular complexity index is 831. The number of amides is 1. The van der Waals surface area contributed by atoms with Gasteiger partial charge in [-0.2, -0.15) is 0 Å². The molecule has 2 aromatic rings. The molecule has 0 aliphatic heterocycles. The van der Waals surface area contributed by atoms with Crippen molar-refractivity contribution in [1.29, 1.82) is 0 Å². The van der Waals surface area contributed by atoms with E-state index in [1.807, 2.05) is 0 Å². The van der Waals surface area contributed by atoms with E-state index in [0.717, 1.165) is 4.90 Å². The SMILES string of the molecule is CN(CC(c1ccc(Cl)c(Cl)c1)C(O)c1cccc([N+](=O)[O-])c1)C(=O)O. The van der Waals surface area contributed by atoms with Crippen LogP contribution >= 0.6 is 23.2 Å². The molecule has 0 saturated heterocycles. The highest BCUT2D eigenvalue weighted by Crippen LogP contribution is 2.35. The van der Waals surface area contributed by atoms with E-state index in [4.69, 9.17) is 28.3 Å². The molecule has 7 nitrogen and oxygen atoms in total. The first-order valence-corrected chi connectivity index (χ1v) is 8.27. The van der Waals surface area contributed by atoms with E-state index in [2.05, 4.69) is 0 Å². The van der Waals surface area contributed by atoms with Crippen molar-refractivity contribution in [2.45, 2.75) is 12.0 Å². The van der Waals surface area contributed by atoms with Gasteiger partial charge in [-0.1, -0.05) is 41.4 Å². The molecule has 0 aliphatic rings. The lowest BCUT2D eigenvalue weighted by atomic mass is 9.88. The van der Waals surface area contributed by atoms with Gasteiger partial charge in [0.25, 0.3) is 5.69 Å². The highest BCUT2D eigenvalue weighted by molar-refractivity contribution is 6.42. The average molecular weight is 399 g/mol. The van der Waals surface area contributed by atoms with Crippen molar-refractivity contribution in [3.05, 3.63) is 73.8 Å². The highest BCUT2D eigenvalue weighted by atomic mass is 35.5. The van der Waals surface area contributed by atoms with Gasteiger partial charge < -0.3 is 15.1 Å². The minimum absolute atomic E-state index is 0.0445. The smallest absolute Gasteiger partial charge is 0.407 e. The van der Waals surface area contributed by atoms with Crippen molar-refractivity contribution in [2.24, 2.45) is 0 Å². The molecule has 0 radical (unpaired) electrons. The summed E-state index contributed by atoms with van der Waals surface area (Å²) in [6.45, 7) is -0.0445. The van der Waals surface area contributed by atoms with E-state index < -0.39 is 23.0 Å². The first-order chi connectivity index (χ1) is 12.2. The molecule has 2 atom stereocenters. The molecule has 2 unspecified atom stereocenters. The molecular weight excluding hydrogens is 383 g/mol. The van der Waals surface area contributed by atoms with Gasteiger partial charge in [0, 0.05) is 31.6 Å². The maximum Gasteiger partial charge on any atom is 0.407 e. The number of hydrogen-bond donors (Lipinski definition) is 2. The minimum atomic E-state index is -1.19. The first kappa shape index (κ1) is 20.0.